The fraction of sp³-hybridized carbons (Fsp3) is 0. The lowest BCUT2D eigenvalue weighted by Gasteiger charge is -2.17. The summed E-state index contributed by atoms with van der Waals surface area (Å²) in [5.74, 6) is 2.55. The average Bonchev–Trinajstić information content (AvgIpc) is 0.719. The minimum absolute atomic E-state index is 0.614. The predicted molar refractivity (Wildman–Crippen MR) is 407 cm³/mol. The molecule has 0 N–H and O–H groups in total. The molecule has 0 fully saturated rings. The quantitative estimate of drug-likeness (QED) is 0.134. The van der Waals surface area contributed by atoms with Gasteiger partial charge in [-0.3, -0.25) is 19.9 Å². The highest BCUT2D eigenvalue weighted by Gasteiger charge is 2.25. The molecule has 20 aromatic rings. The van der Waals surface area contributed by atoms with Crippen LogP contribution in [0, 0.1) is 0 Å². The van der Waals surface area contributed by atoms with Crippen molar-refractivity contribution in [2.24, 2.45) is 0 Å². The Morgan fingerprint density at radius 2 is 0.460 bits per heavy atom. The molecular weight excluding hydrogens is 1220 g/mol. The first-order valence-electron chi connectivity index (χ1n) is 33.2. The summed E-state index contributed by atoms with van der Waals surface area (Å²) in [5.41, 5.74) is 16.8. The third-order valence-electron chi connectivity index (χ3n) is 18.9. The molecule has 0 saturated heterocycles. The van der Waals surface area contributed by atoms with E-state index in [1.54, 1.807) is 0 Å². The van der Waals surface area contributed by atoms with Crippen molar-refractivity contribution in [1.29, 1.82) is 0 Å². The van der Waals surface area contributed by atoms with Gasteiger partial charge >= 0.3 is 0 Å². The molecule has 20 rings (SSSR count). The molecule has 0 unspecified atom stereocenters. The molecule has 464 valence electrons. The number of fused-ring (bicyclic) bond motifs is 18. The largest absolute Gasteiger partial charge is 0.254 e. The van der Waals surface area contributed by atoms with E-state index in [4.69, 9.17) is 54.8 Å². The van der Waals surface area contributed by atoms with Crippen molar-refractivity contribution >= 4 is 109 Å². The minimum atomic E-state index is 0.614. The highest BCUT2D eigenvalue weighted by Crippen LogP contribution is 2.47. The van der Waals surface area contributed by atoms with E-state index in [1.807, 2.05) is 152 Å². The summed E-state index contributed by atoms with van der Waals surface area (Å²) >= 11 is 0. The van der Waals surface area contributed by atoms with Gasteiger partial charge in [0, 0.05) is 123 Å². The summed E-state index contributed by atoms with van der Waals surface area (Å²) in [5, 5.41) is 15.0. The molecular formula is C89H53N11. The molecule has 0 bridgehead atoms. The van der Waals surface area contributed by atoms with E-state index in [-0.39, 0.29) is 0 Å². The van der Waals surface area contributed by atoms with Crippen LogP contribution in [-0.4, -0.2) is 54.8 Å². The third kappa shape index (κ3) is 9.78. The number of nitrogens with zero attached hydrogens (tertiary/aromatic N) is 11. The molecule has 100 heavy (non-hydrogen) atoms. The van der Waals surface area contributed by atoms with Crippen molar-refractivity contribution in [3.63, 3.8) is 0 Å². The third-order valence-corrected chi connectivity index (χ3v) is 18.9. The lowest BCUT2D eigenvalue weighted by Crippen LogP contribution is -2.01. The Bertz CT molecular complexity index is 6140. The molecule has 0 spiro atoms. The number of hydrogen-bond donors (Lipinski definition) is 0. The average molecular weight is 1280 g/mol. The molecule has 0 aliphatic rings. The van der Waals surface area contributed by atoms with Gasteiger partial charge < -0.3 is 0 Å². The molecule has 0 aliphatic carbocycles. The topological polar surface area (TPSA) is 142 Å². The van der Waals surface area contributed by atoms with Crippen LogP contribution in [0.4, 0.5) is 0 Å². The van der Waals surface area contributed by atoms with E-state index in [0.29, 0.717) is 23.3 Å². The van der Waals surface area contributed by atoms with Gasteiger partial charge in [0.05, 0.1) is 55.9 Å². The summed E-state index contributed by atoms with van der Waals surface area (Å²) in [7, 11) is 0. The Labute approximate surface area is 572 Å². The minimum Gasteiger partial charge on any atom is -0.254 e. The van der Waals surface area contributed by atoms with Crippen molar-refractivity contribution in [2.45, 2.75) is 0 Å². The highest BCUT2D eigenvalue weighted by atomic mass is 15.0. The van der Waals surface area contributed by atoms with Crippen LogP contribution in [-0.2, 0) is 0 Å². The molecule has 8 aromatic heterocycles. The van der Waals surface area contributed by atoms with E-state index in [0.717, 1.165) is 176 Å². The standard InChI is InChI=1S/C45H27N5.C44H26N6/c1-3-13-28(14-4-1)38-27-39(29-15-5-2-6-16-29)50-45(49-38)33-24-23-32(30-17-7-8-18-31(30)33)42-41-36-21-12-26-47-44(36)43-35(20-11-25-46-43)40(41)34-19-9-10-22-37(34)48-42;1-3-13-27(14-4-1)42-48-43(28-15-5-2-6-16-28)50-44(49-42)32-24-23-31(29-17-7-8-18-30(29)32)39-38-35-21-12-26-46-41(35)40-34(20-11-25-45-40)37(38)33-19-9-10-22-36(33)47-39/h1-27H;1-26H. The van der Waals surface area contributed by atoms with Gasteiger partial charge in [0.2, 0.25) is 0 Å². The lowest BCUT2D eigenvalue weighted by molar-refractivity contribution is 1.08. The van der Waals surface area contributed by atoms with Gasteiger partial charge in [0.25, 0.3) is 0 Å². The molecule has 12 aromatic carbocycles. The maximum atomic E-state index is 5.41. The van der Waals surface area contributed by atoms with Crippen LogP contribution in [0.5, 0.6) is 0 Å². The van der Waals surface area contributed by atoms with E-state index in [9.17, 15) is 0 Å². The number of para-hydroxylation sites is 2. The van der Waals surface area contributed by atoms with Crippen LogP contribution in [0.3, 0.4) is 0 Å². The zero-order valence-electron chi connectivity index (χ0n) is 53.5. The van der Waals surface area contributed by atoms with E-state index in [2.05, 4.69) is 170 Å². The van der Waals surface area contributed by atoms with Gasteiger partial charge in [0.1, 0.15) is 0 Å². The Morgan fingerprint density at radius 3 is 0.840 bits per heavy atom. The highest BCUT2D eigenvalue weighted by molar-refractivity contribution is 6.34. The fourth-order valence-corrected chi connectivity index (χ4v) is 14.5. The summed E-state index contributed by atoms with van der Waals surface area (Å²) in [4.78, 5) is 55.6. The van der Waals surface area contributed by atoms with Crippen LogP contribution in [0.15, 0.2) is 322 Å². The van der Waals surface area contributed by atoms with Gasteiger partial charge in [-0.15, -0.1) is 0 Å². The smallest absolute Gasteiger partial charge is 0.164 e. The summed E-state index contributed by atoms with van der Waals surface area (Å²) in [6, 6.07) is 102. The second kappa shape index (κ2) is 24.2. The Kier molecular flexibility index (Phi) is 13.9. The molecule has 0 atom stereocenters. The van der Waals surface area contributed by atoms with Crippen LogP contribution in [0.25, 0.3) is 199 Å². The molecule has 8 heterocycles. The van der Waals surface area contributed by atoms with Crippen LogP contribution < -0.4 is 0 Å². The van der Waals surface area contributed by atoms with Crippen molar-refractivity contribution in [3.05, 3.63) is 322 Å². The Hall–Kier alpha value is -13.8. The Balaban J connectivity index is 0.000000139. The summed E-state index contributed by atoms with van der Waals surface area (Å²) in [6.45, 7) is 0. The maximum absolute atomic E-state index is 5.41. The fourth-order valence-electron chi connectivity index (χ4n) is 14.5. The van der Waals surface area contributed by atoms with Gasteiger partial charge in [-0.1, -0.05) is 243 Å². The van der Waals surface area contributed by atoms with Crippen molar-refractivity contribution < 1.29 is 0 Å². The van der Waals surface area contributed by atoms with Gasteiger partial charge in [-0.2, -0.15) is 0 Å². The summed E-state index contributed by atoms with van der Waals surface area (Å²) < 4.78 is 0. The molecule has 0 radical (unpaired) electrons. The first-order valence-corrected chi connectivity index (χ1v) is 33.2. The zero-order valence-corrected chi connectivity index (χ0v) is 53.5. The number of rotatable bonds is 8. The first kappa shape index (κ1) is 57.7. The molecule has 11 nitrogen and oxygen atoms in total. The first-order chi connectivity index (χ1) is 49.6. The normalized spacial score (nSPS) is 11.6. The number of benzene rings is 12. The second-order valence-corrected chi connectivity index (χ2v) is 24.7. The number of hydrogen-bond acceptors (Lipinski definition) is 11. The monoisotopic (exact) mass is 1280 g/mol. The maximum Gasteiger partial charge on any atom is 0.164 e. The molecule has 0 saturated carbocycles. The van der Waals surface area contributed by atoms with Crippen LogP contribution in [0.1, 0.15) is 0 Å². The van der Waals surface area contributed by atoms with Gasteiger partial charge in [0.15, 0.2) is 23.3 Å². The van der Waals surface area contributed by atoms with E-state index < -0.39 is 0 Å². The van der Waals surface area contributed by atoms with Crippen molar-refractivity contribution in [1.82, 2.24) is 54.8 Å². The molecule has 11 heteroatoms. The van der Waals surface area contributed by atoms with Crippen LogP contribution in [0.2, 0.25) is 0 Å². The SMILES string of the molecule is c1ccc(-c2cc(-c3ccccc3)nc(-c3ccc(-c4nc5ccccc5c5c6cccnc6c6ncccc6c45)c4ccccc34)n2)cc1.c1ccc(-c2nc(-c3ccccc3)nc(-c3ccc(-c4nc5ccccc5c5c6cccnc6c6ncccc6c45)c4ccccc34)n2)cc1. The number of aromatic nitrogens is 11. The predicted octanol–water partition coefficient (Wildman–Crippen LogP) is 21.6. The lowest BCUT2D eigenvalue weighted by atomic mass is 9.90. The van der Waals surface area contributed by atoms with Gasteiger partial charge in [-0.05, 0) is 76.1 Å². The molecule has 0 aliphatic heterocycles. The Morgan fingerprint density at radius 1 is 0.180 bits per heavy atom. The second-order valence-electron chi connectivity index (χ2n) is 24.7. The summed E-state index contributed by atoms with van der Waals surface area (Å²) in [6.07, 6.45) is 7.36. The molecule has 0 amide bonds. The van der Waals surface area contributed by atoms with Crippen molar-refractivity contribution in [2.75, 3.05) is 0 Å². The zero-order chi connectivity index (χ0) is 66.0. The van der Waals surface area contributed by atoms with Crippen molar-refractivity contribution in [3.8, 4) is 90.6 Å². The van der Waals surface area contributed by atoms with Crippen LogP contribution >= 0.6 is 0 Å². The van der Waals surface area contributed by atoms with E-state index >= 15 is 0 Å². The van der Waals surface area contributed by atoms with E-state index in [1.165, 1.54) is 0 Å². The van der Waals surface area contributed by atoms with Gasteiger partial charge in [-0.25, -0.2) is 34.9 Å². The number of pyridine rings is 6.